The van der Waals surface area contributed by atoms with E-state index >= 15 is 0 Å². The van der Waals surface area contributed by atoms with Gasteiger partial charge in [0.1, 0.15) is 24.0 Å². The number of fused-ring (bicyclic) bond motifs is 1. The number of anilines is 1. The molecule has 9 heteroatoms. The van der Waals surface area contributed by atoms with Crippen LogP contribution in [-0.4, -0.2) is 37.3 Å². The standard InChI is InChI=1S/C17H17N5O4/c18-16-15-13(10-1-3-11(4-2-10)22(24)25)7-21(17(15)20-9-19-16)14-6-5-12(8-23)26-14/h1-4,7,9,12,14,23H,5-6,8H2,(H2,18,19,20). The smallest absolute Gasteiger partial charge is 0.269 e. The van der Waals surface area contributed by atoms with E-state index in [1.807, 2.05) is 10.8 Å². The maximum Gasteiger partial charge on any atom is 0.269 e. The second-order valence-electron chi connectivity index (χ2n) is 6.18. The van der Waals surface area contributed by atoms with E-state index in [4.69, 9.17) is 10.5 Å². The molecule has 26 heavy (non-hydrogen) atoms. The van der Waals surface area contributed by atoms with Gasteiger partial charge in [-0.25, -0.2) is 9.97 Å². The molecule has 1 fully saturated rings. The first kappa shape index (κ1) is 16.4. The Morgan fingerprint density at radius 3 is 2.73 bits per heavy atom. The lowest BCUT2D eigenvalue weighted by Gasteiger charge is -2.14. The summed E-state index contributed by atoms with van der Waals surface area (Å²) in [5.41, 5.74) is 8.30. The zero-order valence-corrected chi connectivity index (χ0v) is 13.8. The van der Waals surface area contributed by atoms with Gasteiger partial charge in [0.15, 0.2) is 0 Å². The van der Waals surface area contributed by atoms with Gasteiger partial charge in [-0.2, -0.15) is 0 Å². The molecule has 1 saturated heterocycles. The summed E-state index contributed by atoms with van der Waals surface area (Å²) in [6.07, 6.45) is 4.33. The molecule has 1 aliphatic heterocycles. The molecular weight excluding hydrogens is 338 g/mol. The minimum atomic E-state index is -0.439. The summed E-state index contributed by atoms with van der Waals surface area (Å²) in [6, 6.07) is 6.25. The molecule has 0 radical (unpaired) electrons. The van der Waals surface area contributed by atoms with E-state index in [1.54, 1.807) is 12.1 Å². The number of hydrogen-bond donors (Lipinski definition) is 2. The summed E-state index contributed by atoms with van der Waals surface area (Å²) in [5, 5.41) is 20.9. The molecule has 2 atom stereocenters. The fourth-order valence-corrected chi connectivity index (χ4v) is 3.34. The molecular formula is C17H17N5O4. The Morgan fingerprint density at radius 1 is 1.31 bits per heavy atom. The van der Waals surface area contributed by atoms with Crippen molar-refractivity contribution in [2.24, 2.45) is 0 Å². The number of non-ortho nitro benzene ring substituents is 1. The first-order chi connectivity index (χ1) is 12.6. The quantitative estimate of drug-likeness (QED) is 0.542. The predicted molar refractivity (Wildman–Crippen MR) is 94.3 cm³/mol. The third-order valence-electron chi connectivity index (χ3n) is 4.63. The van der Waals surface area contributed by atoms with Gasteiger partial charge in [-0.05, 0) is 30.5 Å². The summed E-state index contributed by atoms with van der Waals surface area (Å²) in [7, 11) is 0. The van der Waals surface area contributed by atoms with Crippen molar-refractivity contribution in [3.8, 4) is 11.1 Å². The molecule has 134 valence electrons. The summed E-state index contributed by atoms with van der Waals surface area (Å²) >= 11 is 0. The van der Waals surface area contributed by atoms with Crippen molar-refractivity contribution < 1.29 is 14.8 Å². The fourth-order valence-electron chi connectivity index (χ4n) is 3.34. The Bertz CT molecular complexity index is 969. The van der Waals surface area contributed by atoms with Gasteiger partial charge in [-0.1, -0.05) is 0 Å². The molecule has 3 N–H and O–H groups in total. The molecule has 2 aromatic heterocycles. The van der Waals surface area contributed by atoms with E-state index in [-0.39, 0.29) is 24.6 Å². The molecule has 2 unspecified atom stereocenters. The van der Waals surface area contributed by atoms with Gasteiger partial charge < -0.3 is 20.1 Å². The van der Waals surface area contributed by atoms with Crippen LogP contribution in [0, 0.1) is 10.1 Å². The van der Waals surface area contributed by atoms with Crippen molar-refractivity contribution in [1.82, 2.24) is 14.5 Å². The summed E-state index contributed by atoms with van der Waals surface area (Å²) in [5.74, 6) is 0.332. The number of ether oxygens (including phenoxy) is 1. The number of nitrogens with two attached hydrogens (primary N) is 1. The highest BCUT2D eigenvalue weighted by Crippen LogP contribution is 2.38. The van der Waals surface area contributed by atoms with Crippen LogP contribution in [-0.2, 0) is 4.74 Å². The number of nitro groups is 1. The zero-order valence-electron chi connectivity index (χ0n) is 13.8. The maximum atomic E-state index is 10.9. The lowest BCUT2D eigenvalue weighted by Crippen LogP contribution is -2.14. The normalized spacial score (nSPS) is 19.9. The van der Waals surface area contributed by atoms with Crippen LogP contribution >= 0.6 is 0 Å². The van der Waals surface area contributed by atoms with Crippen LogP contribution in [0.3, 0.4) is 0 Å². The minimum absolute atomic E-state index is 0.0200. The van der Waals surface area contributed by atoms with E-state index in [9.17, 15) is 15.2 Å². The summed E-state index contributed by atoms with van der Waals surface area (Å²) in [6.45, 7) is -0.0258. The third-order valence-corrected chi connectivity index (χ3v) is 4.63. The lowest BCUT2D eigenvalue weighted by molar-refractivity contribution is -0.384. The van der Waals surface area contributed by atoms with Crippen molar-refractivity contribution in [1.29, 1.82) is 0 Å². The highest BCUT2D eigenvalue weighted by atomic mass is 16.6. The topological polar surface area (TPSA) is 129 Å². The second-order valence-corrected chi connectivity index (χ2v) is 6.18. The van der Waals surface area contributed by atoms with Crippen LogP contribution in [0.5, 0.6) is 0 Å². The molecule has 0 bridgehead atoms. The molecule has 1 aliphatic rings. The van der Waals surface area contributed by atoms with E-state index < -0.39 is 4.92 Å². The number of nitrogens with zero attached hydrogens (tertiary/aromatic N) is 4. The van der Waals surface area contributed by atoms with Gasteiger partial charge in [0, 0.05) is 23.9 Å². The van der Waals surface area contributed by atoms with E-state index in [0.29, 0.717) is 16.9 Å². The predicted octanol–water partition coefficient (Wildman–Crippen LogP) is 2.26. The average Bonchev–Trinajstić information content (AvgIpc) is 3.27. The van der Waals surface area contributed by atoms with Crippen molar-refractivity contribution in [2.45, 2.75) is 25.2 Å². The Kier molecular flexibility index (Phi) is 4.02. The number of nitrogen functional groups attached to an aromatic ring is 1. The van der Waals surface area contributed by atoms with Gasteiger partial charge >= 0.3 is 0 Å². The molecule has 4 rings (SSSR count). The lowest BCUT2D eigenvalue weighted by atomic mass is 10.1. The average molecular weight is 355 g/mol. The minimum Gasteiger partial charge on any atom is -0.394 e. The van der Waals surface area contributed by atoms with Crippen LogP contribution in [0.25, 0.3) is 22.2 Å². The Morgan fingerprint density at radius 2 is 2.08 bits per heavy atom. The number of aromatic nitrogens is 3. The number of aliphatic hydroxyl groups excluding tert-OH is 1. The monoisotopic (exact) mass is 355 g/mol. The first-order valence-corrected chi connectivity index (χ1v) is 8.20. The van der Waals surface area contributed by atoms with Crippen LogP contribution < -0.4 is 5.73 Å². The van der Waals surface area contributed by atoms with Crippen molar-refractivity contribution in [3.63, 3.8) is 0 Å². The molecule has 0 aliphatic carbocycles. The molecule has 1 aromatic carbocycles. The Labute approximate surface area is 148 Å². The molecule has 3 heterocycles. The number of benzene rings is 1. The van der Waals surface area contributed by atoms with E-state index in [2.05, 4.69) is 9.97 Å². The number of aliphatic hydroxyl groups is 1. The zero-order chi connectivity index (χ0) is 18.3. The van der Waals surface area contributed by atoms with Crippen LogP contribution in [0.4, 0.5) is 11.5 Å². The number of hydrogen-bond acceptors (Lipinski definition) is 7. The van der Waals surface area contributed by atoms with Gasteiger partial charge in [0.2, 0.25) is 0 Å². The summed E-state index contributed by atoms with van der Waals surface area (Å²) in [4.78, 5) is 18.9. The van der Waals surface area contributed by atoms with E-state index in [0.717, 1.165) is 24.0 Å². The van der Waals surface area contributed by atoms with Gasteiger partial charge in [-0.3, -0.25) is 10.1 Å². The highest BCUT2D eigenvalue weighted by molar-refractivity contribution is 6.00. The Hall–Kier alpha value is -3.04. The van der Waals surface area contributed by atoms with Gasteiger partial charge in [-0.15, -0.1) is 0 Å². The van der Waals surface area contributed by atoms with Crippen LogP contribution in [0.1, 0.15) is 19.1 Å². The summed E-state index contributed by atoms with van der Waals surface area (Å²) < 4.78 is 7.76. The van der Waals surface area contributed by atoms with Crippen molar-refractivity contribution in [3.05, 3.63) is 46.9 Å². The highest BCUT2D eigenvalue weighted by Gasteiger charge is 2.28. The second kappa shape index (κ2) is 6.36. The first-order valence-electron chi connectivity index (χ1n) is 8.20. The number of rotatable bonds is 4. The number of nitro benzene ring substituents is 1. The molecule has 0 amide bonds. The van der Waals surface area contributed by atoms with Gasteiger partial charge in [0.05, 0.1) is 23.0 Å². The molecule has 0 saturated carbocycles. The van der Waals surface area contributed by atoms with Crippen LogP contribution in [0.2, 0.25) is 0 Å². The van der Waals surface area contributed by atoms with Crippen LogP contribution in [0.15, 0.2) is 36.8 Å². The molecule has 9 nitrogen and oxygen atoms in total. The maximum absolute atomic E-state index is 10.9. The molecule has 0 spiro atoms. The molecule has 3 aromatic rings. The SMILES string of the molecule is Nc1ncnc2c1c(-c1ccc([N+](=O)[O-])cc1)cn2C1CCC(CO)O1. The Balaban J connectivity index is 1.83. The van der Waals surface area contributed by atoms with Gasteiger partial charge in [0.25, 0.3) is 5.69 Å². The third kappa shape index (κ3) is 2.67. The largest absolute Gasteiger partial charge is 0.394 e. The fraction of sp³-hybridized carbons (Fsp3) is 0.294. The van der Waals surface area contributed by atoms with Crippen molar-refractivity contribution >= 4 is 22.5 Å². The van der Waals surface area contributed by atoms with E-state index in [1.165, 1.54) is 18.5 Å². The van der Waals surface area contributed by atoms with Crippen molar-refractivity contribution in [2.75, 3.05) is 12.3 Å².